The standard InChI is InChI=1S/C20H24N4O3/c1-2-3-14-24-18(25)11-10-17(22-24)19(26)21-16-8-6-15(7-9-16)20(27)23-12-4-5-13-23/h6-11H,2-5,12-14H2,1H3,(H,21,26). The molecule has 0 saturated carbocycles. The second-order valence-electron chi connectivity index (χ2n) is 6.66. The van der Waals surface area contributed by atoms with Gasteiger partial charge >= 0.3 is 0 Å². The molecular formula is C20H24N4O3. The summed E-state index contributed by atoms with van der Waals surface area (Å²) in [6.45, 7) is 4.12. The number of nitrogens with zero attached hydrogens (tertiary/aromatic N) is 3. The Hall–Kier alpha value is -2.96. The molecule has 1 aliphatic heterocycles. The molecule has 1 saturated heterocycles. The zero-order valence-corrected chi connectivity index (χ0v) is 15.5. The maximum Gasteiger partial charge on any atom is 0.276 e. The Kier molecular flexibility index (Phi) is 6.01. The third-order valence-corrected chi connectivity index (χ3v) is 4.61. The summed E-state index contributed by atoms with van der Waals surface area (Å²) >= 11 is 0. The van der Waals surface area contributed by atoms with E-state index in [1.54, 1.807) is 24.3 Å². The molecule has 0 radical (unpaired) electrons. The average Bonchev–Trinajstić information content (AvgIpc) is 3.22. The molecule has 7 nitrogen and oxygen atoms in total. The van der Waals surface area contributed by atoms with E-state index >= 15 is 0 Å². The molecule has 142 valence electrons. The van der Waals surface area contributed by atoms with E-state index in [2.05, 4.69) is 10.4 Å². The predicted molar refractivity (Wildman–Crippen MR) is 103 cm³/mol. The quantitative estimate of drug-likeness (QED) is 0.849. The number of likely N-dealkylation sites (tertiary alicyclic amines) is 1. The van der Waals surface area contributed by atoms with Gasteiger partial charge in [-0.3, -0.25) is 14.4 Å². The van der Waals surface area contributed by atoms with Gasteiger partial charge in [-0.05, 0) is 49.6 Å². The van der Waals surface area contributed by atoms with E-state index in [1.807, 2.05) is 11.8 Å². The van der Waals surface area contributed by atoms with E-state index in [9.17, 15) is 14.4 Å². The van der Waals surface area contributed by atoms with Crippen LogP contribution in [0.15, 0.2) is 41.2 Å². The lowest BCUT2D eigenvalue weighted by atomic mass is 10.2. The number of benzene rings is 1. The summed E-state index contributed by atoms with van der Waals surface area (Å²) in [6, 6.07) is 9.61. The highest BCUT2D eigenvalue weighted by atomic mass is 16.2. The molecule has 0 spiro atoms. The highest BCUT2D eigenvalue weighted by Gasteiger charge is 2.19. The number of nitrogens with one attached hydrogen (secondary N) is 1. The number of aromatic nitrogens is 2. The molecule has 0 unspecified atom stereocenters. The van der Waals surface area contributed by atoms with Crippen molar-refractivity contribution in [2.75, 3.05) is 18.4 Å². The molecule has 7 heteroatoms. The summed E-state index contributed by atoms with van der Waals surface area (Å²) in [6.07, 6.45) is 3.86. The predicted octanol–water partition coefficient (Wildman–Crippen LogP) is 2.53. The van der Waals surface area contributed by atoms with Gasteiger partial charge in [0.2, 0.25) is 0 Å². The molecule has 3 rings (SSSR count). The number of rotatable bonds is 6. The molecule has 1 fully saturated rings. The molecule has 2 aromatic rings. The van der Waals surface area contributed by atoms with Crippen molar-refractivity contribution in [3.8, 4) is 0 Å². The first kappa shape index (κ1) is 18.8. The highest BCUT2D eigenvalue weighted by molar-refractivity contribution is 6.03. The first-order chi connectivity index (χ1) is 13.1. The smallest absolute Gasteiger partial charge is 0.276 e. The lowest BCUT2D eigenvalue weighted by Crippen LogP contribution is -2.27. The van der Waals surface area contributed by atoms with Crippen LogP contribution in [0.5, 0.6) is 0 Å². The minimum absolute atomic E-state index is 0.0232. The lowest BCUT2D eigenvalue weighted by molar-refractivity contribution is 0.0792. The maximum absolute atomic E-state index is 12.4. The molecule has 1 aromatic carbocycles. The Morgan fingerprint density at radius 2 is 1.78 bits per heavy atom. The van der Waals surface area contributed by atoms with Crippen molar-refractivity contribution >= 4 is 17.5 Å². The summed E-state index contributed by atoms with van der Waals surface area (Å²) in [4.78, 5) is 38.4. The van der Waals surface area contributed by atoms with Crippen LogP contribution in [0.1, 0.15) is 53.5 Å². The van der Waals surface area contributed by atoms with Crippen molar-refractivity contribution in [2.45, 2.75) is 39.2 Å². The zero-order valence-electron chi connectivity index (χ0n) is 15.5. The van der Waals surface area contributed by atoms with Crippen LogP contribution in [0.3, 0.4) is 0 Å². The van der Waals surface area contributed by atoms with E-state index in [4.69, 9.17) is 0 Å². The van der Waals surface area contributed by atoms with Crippen molar-refractivity contribution < 1.29 is 9.59 Å². The van der Waals surface area contributed by atoms with Crippen LogP contribution in [-0.2, 0) is 6.54 Å². The van der Waals surface area contributed by atoms with Crippen LogP contribution in [0.25, 0.3) is 0 Å². The van der Waals surface area contributed by atoms with Gasteiger partial charge in [-0.15, -0.1) is 0 Å². The van der Waals surface area contributed by atoms with Crippen molar-refractivity contribution in [1.29, 1.82) is 0 Å². The van der Waals surface area contributed by atoms with Gasteiger partial charge in [0.15, 0.2) is 0 Å². The Morgan fingerprint density at radius 1 is 1.07 bits per heavy atom. The van der Waals surface area contributed by atoms with Gasteiger partial charge < -0.3 is 10.2 Å². The Bertz CT molecular complexity index is 868. The van der Waals surface area contributed by atoms with E-state index in [1.165, 1.54) is 16.8 Å². The molecule has 1 N–H and O–H groups in total. The first-order valence-corrected chi connectivity index (χ1v) is 9.37. The van der Waals surface area contributed by atoms with Crippen LogP contribution < -0.4 is 10.9 Å². The van der Waals surface area contributed by atoms with Crippen LogP contribution in [0.2, 0.25) is 0 Å². The van der Waals surface area contributed by atoms with Crippen LogP contribution in [0, 0.1) is 0 Å². The van der Waals surface area contributed by atoms with Gasteiger partial charge in [-0.25, -0.2) is 4.68 Å². The van der Waals surface area contributed by atoms with Crippen molar-refractivity contribution in [2.24, 2.45) is 0 Å². The third kappa shape index (κ3) is 4.61. The van der Waals surface area contributed by atoms with Crippen LogP contribution in [0.4, 0.5) is 5.69 Å². The third-order valence-electron chi connectivity index (χ3n) is 4.61. The second-order valence-corrected chi connectivity index (χ2v) is 6.66. The molecule has 1 aromatic heterocycles. The number of aryl methyl sites for hydroxylation is 1. The molecular weight excluding hydrogens is 344 g/mol. The van der Waals surface area contributed by atoms with Crippen LogP contribution in [-0.4, -0.2) is 39.6 Å². The Labute approximate surface area is 158 Å². The number of anilines is 1. The van der Waals surface area contributed by atoms with E-state index < -0.39 is 0 Å². The topological polar surface area (TPSA) is 84.3 Å². The van der Waals surface area contributed by atoms with Gasteiger partial charge in [0.1, 0.15) is 5.69 Å². The zero-order chi connectivity index (χ0) is 19.2. The molecule has 2 amide bonds. The van der Waals surface area contributed by atoms with E-state index in [0.717, 1.165) is 38.8 Å². The summed E-state index contributed by atoms with van der Waals surface area (Å²) in [5.41, 5.74) is 1.15. The molecule has 0 aliphatic carbocycles. The maximum atomic E-state index is 12.4. The monoisotopic (exact) mass is 368 g/mol. The number of hydrogen-bond acceptors (Lipinski definition) is 4. The Balaban J connectivity index is 1.67. The van der Waals surface area contributed by atoms with E-state index in [-0.39, 0.29) is 23.1 Å². The molecule has 2 heterocycles. The lowest BCUT2D eigenvalue weighted by Gasteiger charge is -2.15. The summed E-state index contributed by atoms with van der Waals surface area (Å²) in [7, 11) is 0. The molecule has 0 atom stereocenters. The summed E-state index contributed by atoms with van der Waals surface area (Å²) in [5.74, 6) is -0.367. The van der Waals surface area contributed by atoms with Crippen molar-refractivity contribution in [3.63, 3.8) is 0 Å². The van der Waals surface area contributed by atoms with Gasteiger partial charge in [0.05, 0.1) is 0 Å². The summed E-state index contributed by atoms with van der Waals surface area (Å²) < 4.78 is 1.32. The van der Waals surface area contributed by atoms with Gasteiger partial charge in [-0.2, -0.15) is 5.10 Å². The SMILES string of the molecule is CCCCn1nc(C(=O)Nc2ccc(C(=O)N3CCCC3)cc2)ccc1=O. The minimum Gasteiger partial charge on any atom is -0.339 e. The Morgan fingerprint density at radius 3 is 2.44 bits per heavy atom. The summed E-state index contributed by atoms with van der Waals surface area (Å²) in [5, 5.41) is 6.89. The normalized spacial score (nSPS) is 13.6. The molecule has 27 heavy (non-hydrogen) atoms. The molecule has 1 aliphatic rings. The van der Waals surface area contributed by atoms with Crippen molar-refractivity contribution in [1.82, 2.24) is 14.7 Å². The second kappa shape index (κ2) is 8.62. The fourth-order valence-corrected chi connectivity index (χ4v) is 3.03. The number of carbonyl (C=O) groups excluding carboxylic acids is 2. The number of hydrogen-bond donors (Lipinski definition) is 1. The van der Waals surface area contributed by atoms with Gasteiger partial charge in [0.25, 0.3) is 17.4 Å². The fourth-order valence-electron chi connectivity index (χ4n) is 3.03. The highest BCUT2D eigenvalue weighted by Crippen LogP contribution is 2.15. The number of amides is 2. The molecule has 0 bridgehead atoms. The average molecular weight is 368 g/mol. The number of unbranched alkanes of at least 4 members (excludes halogenated alkanes) is 1. The largest absolute Gasteiger partial charge is 0.339 e. The van der Waals surface area contributed by atoms with Gasteiger partial charge in [-0.1, -0.05) is 13.3 Å². The van der Waals surface area contributed by atoms with Gasteiger partial charge in [0, 0.05) is 37.0 Å². The first-order valence-electron chi connectivity index (χ1n) is 9.37. The van der Waals surface area contributed by atoms with Crippen LogP contribution >= 0.6 is 0 Å². The van der Waals surface area contributed by atoms with E-state index in [0.29, 0.717) is 17.8 Å². The minimum atomic E-state index is -0.390. The van der Waals surface area contributed by atoms with Crippen molar-refractivity contribution in [3.05, 3.63) is 58.0 Å². The number of carbonyl (C=O) groups is 2. The fraction of sp³-hybridized carbons (Fsp3) is 0.400.